The van der Waals surface area contributed by atoms with Gasteiger partial charge in [0.25, 0.3) is 0 Å². The maximum Gasteiger partial charge on any atom is 3.00 e. The van der Waals surface area contributed by atoms with Crippen LogP contribution in [0.1, 0.15) is 59.3 Å². The third-order valence-corrected chi connectivity index (χ3v) is 2.86. The summed E-state index contributed by atoms with van der Waals surface area (Å²) in [5.41, 5.74) is 0. The van der Waals surface area contributed by atoms with E-state index in [0.717, 1.165) is 38.5 Å². The molecule has 0 fully saturated rings. The topological polar surface area (TPSA) is 27.7 Å². The Morgan fingerprint density at radius 1 is 0.600 bits per heavy atom. The van der Waals surface area contributed by atoms with Crippen LogP contribution in [0.25, 0.3) is 0 Å². The van der Waals surface area contributed by atoms with Crippen LogP contribution in [0.3, 0.4) is 0 Å². The van der Waals surface area contributed by atoms with Gasteiger partial charge in [0.2, 0.25) is 0 Å². The predicted octanol–water partition coefficient (Wildman–Crippen LogP) is 4.90. The molecule has 0 bridgehead atoms. The van der Waals surface area contributed by atoms with E-state index >= 15 is 0 Å². The van der Waals surface area contributed by atoms with E-state index in [-0.39, 0.29) is 30.2 Å². The Morgan fingerprint density at radius 3 is 0.920 bits per heavy atom. The summed E-state index contributed by atoms with van der Waals surface area (Å²) in [5, 5.41) is 0. The Bertz CT molecular complexity index is 272. The molecule has 0 saturated carbocycles. The van der Waals surface area contributed by atoms with Crippen LogP contribution < -0.4 is 0 Å². The summed E-state index contributed by atoms with van der Waals surface area (Å²) in [6, 6.07) is 0. The average Bonchev–Trinajstić information content (AvgIpc) is 2.48. The molecule has 0 unspecified atom stereocenters. The summed E-state index contributed by atoms with van der Waals surface area (Å²) in [6.07, 6.45) is 6.48. The van der Waals surface area contributed by atoms with Crippen molar-refractivity contribution in [2.24, 2.45) is 0 Å². The largest absolute Gasteiger partial charge is 3.00 e. The van der Waals surface area contributed by atoms with Gasteiger partial charge < -0.3 is 88.8 Å². The zero-order valence-corrected chi connectivity index (χ0v) is 20.9. The van der Waals surface area contributed by atoms with E-state index in [2.05, 4.69) is 95.3 Å². The van der Waals surface area contributed by atoms with Crippen LogP contribution in [0.5, 0.6) is 0 Å². The zero-order chi connectivity index (χ0) is 19.2. The predicted molar refractivity (Wildman–Crippen MR) is 122 cm³/mol. The molecule has 0 aliphatic carbocycles. The summed E-state index contributed by atoms with van der Waals surface area (Å²) < 4.78 is 15.2. The molecule has 0 rings (SSSR count). The Labute approximate surface area is 196 Å². The van der Waals surface area contributed by atoms with Crippen LogP contribution in [0.2, 0.25) is 0 Å². The van der Waals surface area contributed by atoms with Crippen molar-refractivity contribution in [2.75, 3.05) is 19.8 Å². The summed E-state index contributed by atoms with van der Waals surface area (Å²) in [6.45, 7) is 8.32. The Morgan fingerprint density at radius 2 is 0.800 bits per heavy atom. The van der Waals surface area contributed by atoms with Crippen molar-refractivity contribution in [1.29, 1.82) is 0 Å². The quantitative estimate of drug-likeness (QED) is 0.188. The molecule has 0 heterocycles. The second-order valence-corrected chi connectivity index (χ2v) is 7.36. The zero-order valence-electron chi connectivity index (χ0n) is 14.9. The van der Waals surface area contributed by atoms with Gasteiger partial charge in [-0.15, -0.1) is 0 Å². The van der Waals surface area contributed by atoms with Gasteiger partial charge in [0.05, 0.1) is 19.8 Å². The molecule has 0 aromatic heterocycles. The third kappa shape index (κ3) is 51.6. The fourth-order valence-corrected chi connectivity index (χ4v) is 1.40. The minimum atomic E-state index is 0. The Kier molecular flexibility index (Phi) is 39.6. The molecular weight excluding hydrogens is 476 g/mol. The molecule has 0 N–H and O–H groups in total. The number of rotatable bonds is 9. The van der Waals surface area contributed by atoms with E-state index in [1.54, 1.807) is 0 Å². The molecule has 10 heteroatoms. The first-order chi connectivity index (χ1) is 11.3. The smallest absolute Gasteiger partial charge is 0.514 e. The van der Waals surface area contributed by atoms with E-state index in [4.69, 9.17) is 14.2 Å². The van der Waals surface area contributed by atoms with Gasteiger partial charge in [-0.1, -0.05) is 40.0 Å². The van der Waals surface area contributed by atoms with Crippen LogP contribution in [-0.2, 0) is 69.2 Å². The van der Waals surface area contributed by atoms with Crippen LogP contribution >= 0.6 is 36.7 Å². The summed E-state index contributed by atoms with van der Waals surface area (Å²) in [5.74, 6) is 0. The maximum absolute atomic E-state index is 4.83. The molecule has 0 amide bonds. The molecule has 0 spiro atoms. The first-order valence-corrected chi connectivity index (χ1v) is 10.3. The normalized spacial score (nSPS) is 8.28. The first kappa shape index (κ1) is 33.4. The number of hydrogen-bond acceptors (Lipinski definition) is 9. The van der Waals surface area contributed by atoms with Crippen molar-refractivity contribution in [3.05, 3.63) is 0 Å². The molecule has 0 aromatic carbocycles. The van der Waals surface area contributed by atoms with Gasteiger partial charge in [-0.25, -0.2) is 0 Å². The van der Waals surface area contributed by atoms with Gasteiger partial charge in [0.15, 0.2) is 0 Å². The molecule has 0 aromatic rings. The van der Waals surface area contributed by atoms with E-state index in [0.29, 0.717) is 19.8 Å². The van der Waals surface area contributed by atoms with E-state index < -0.39 is 0 Å². The van der Waals surface area contributed by atoms with Crippen molar-refractivity contribution in [3.63, 3.8) is 0 Å². The van der Waals surface area contributed by atoms with Gasteiger partial charge in [-0.2, -0.15) is 0 Å². The molecule has 0 atom stereocenters. The van der Waals surface area contributed by atoms with Gasteiger partial charge in [-0.05, 0) is 19.3 Å². The maximum atomic E-state index is 4.83. The third-order valence-electron chi connectivity index (χ3n) is 2.15. The van der Waals surface area contributed by atoms with E-state index in [1.165, 1.54) is 0 Å². The van der Waals surface area contributed by atoms with Crippen molar-refractivity contribution in [3.8, 4) is 0 Å². The van der Waals surface area contributed by atoms with Gasteiger partial charge >= 0.3 is 17.1 Å². The van der Waals surface area contributed by atoms with Crippen molar-refractivity contribution in [2.45, 2.75) is 59.3 Å². The fourth-order valence-electron chi connectivity index (χ4n) is 0.900. The summed E-state index contributed by atoms with van der Waals surface area (Å²) in [4.78, 5) is 0. The number of hydrogen-bond donors (Lipinski definition) is 0. The number of ether oxygens (including phenoxy) is 3. The molecule has 0 aliphatic heterocycles. The minimum absolute atomic E-state index is 0. The molecule has 1 radical (unpaired) electrons. The van der Waals surface area contributed by atoms with Crippen molar-refractivity contribution < 1.29 is 31.3 Å². The Balaban J connectivity index is -0.000000130. The number of unbranched alkanes of at least 4 members (excludes halogenated alkanes) is 3. The Hall–Kier alpha value is 0.849. The average molecular weight is 504 g/mol. The second-order valence-electron chi connectivity index (χ2n) is 4.36. The van der Waals surface area contributed by atoms with Crippen LogP contribution in [0.4, 0.5) is 0 Å². The fraction of sp³-hybridized carbons (Fsp3) is 0.800. The number of thiocarbonyl (C=S) groups is 3. The SMILES string of the molecule is CCCCOC(=S)[S-].CCCCOC(=S)[S-].CCCCOC(=S)[S-].[Fe+3]. The van der Waals surface area contributed by atoms with Crippen molar-refractivity contribution >= 4 is 87.7 Å². The van der Waals surface area contributed by atoms with E-state index in [1.807, 2.05) is 0 Å². The van der Waals surface area contributed by atoms with Gasteiger partial charge in [0, 0.05) is 13.1 Å². The molecule has 149 valence electrons. The van der Waals surface area contributed by atoms with Gasteiger partial charge in [-0.3, -0.25) is 0 Å². The molecule has 0 saturated heterocycles. The molecule has 3 nitrogen and oxygen atoms in total. The molecule has 25 heavy (non-hydrogen) atoms. The first-order valence-electron chi connectivity index (χ1n) is 7.82. The minimum Gasteiger partial charge on any atom is -0.514 e. The van der Waals surface area contributed by atoms with Crippen molar-refractivity contribution in [1.82, 2.24) is 0 Å². The van der Waals surface area contributed by atoms with Crippen LogP contribution in [0, 0.1) is 0 Å². The molecule has 0 aliphatic rings. The monoisotopic (exact) mass is 503 g/mol. The van der Waals surface area contributed by atoms with Crippen LogP contribution in [0.15, 0.2) is 0 Å². The summed E-state index contributed by atoms with van der Waals surface area (Å²) in [7, 11) is 0. The molecular formula is C15H27FeO3S6. The van der Waals surface area contributed by atoms with E-state index in [9.17, 15) is 0 Å². The summed E-state index contributed by atoms with van der Waals surface area (Å²) >= 11 is 27.0. The van der Waals surface area contributed by atoms with Crippen LogP contribution in [-0.4, -0.2) is 33.0 Å². The second kappa shape index (κ2) is 29.6. The van der Waals surface area contributed by atoms with Gasteiger partial charge in [0.1, 0.15) is 0 Å². The standard InChI is InChI=1S/3C5H10OS2.Fe/c3*1-2-3-4-6-5(7)8;/h3*2-4H2,1H3,(H,7,8);/q;;;+3/p-3.